The Labute approximate surface area is 127 Å². The van der Waals surface area contributed by atoms with E-state index in [0.29, 0.717) is 5.69 Å². The van der Waals surface area contributed by atoms with Crippen molar-refractivity contribution in [1.82, 2.24) is 0 Å². The van der Waals surface area contributed by atoms with Crippen LogP contribution in [-0.2, 0) is 0 Å². The SMILES string of the molecule is Cc1ccc(Br)c(NC(=O)c2ccc(Br)cc2O)c1. The number of hydrogen-bond acceptors (Lipinski definition) is 2. The summed E-state index contributed by atoms with van der Waals surface area (Å²) < 4.78 is 1.52. The average Bonchev–Trinajstić information content (AvgIpc) is 2.33. The molecule has 2 aromatic carbocycles. The highest BCUT2D eigenvalue weighted by atomic mass is 79.9. The maximum absolute atomic E-state index is 12.1. The van der Waals surface area contributed by atoms with Crippen LogP contribution in [0, 0.1) is 6.92 Å². The van der Waals surface area contributed by atoms with Crippen molar-refractivity contribution in [3.63, 3.8) is 0 Å². The molecule has 2 rings (SSSR count). The molecule has 98 valence electrons. The van der Waals surface area contributed by atoms with E-state index in [1.165, 1.54) is 6.07 Å². The minimum Gasteiger partial charge on any atom is -0.507 e. The second-order valence-corrected chi connectivity index (χ2v) is 5.87. The van der Waals surface area contributed by atoms with Gasteiger partial charge in [0.2, 0.25) is 0 Å². The van der Waals surface area contributed by atoms with Gasteiger partial charge in [-0.3, -0.25) is 4.79 Å². The van der Waals surface area contributed by atoms with E-state index >= 15 is 0 Å². The van der Waals surface area contributed by atoms with Crippen LogP contribution in [0.3, 0.4) is 0 Å². The fourth-order valence-corrected chi connectivity index (χ4v) is 2.32. The van der Waals surface area contributed by atoms with Crippen molar-refractivity contribution >= 4 is 43.5 Å². The summed E-state index contributed by atoms with van der Waals surface area (Å²) in [5, 5.41) is 12.5. The zero-order valence-corrected chi connectivity index (χ0v) is 13.2. The fraction of sp³-hybridized carbons (Fsp3) is 0.0714. The molecule has 0 radical (unpaired) electrons. The largest absolute Gasteiger partial charge is 0.507 e. The predicted molar refractivity (Wildman–Crippen MR) is 82.6 cm³/mol. The van der Waals surface area contributed by atoms with Crippen LogP contribution in [0.4, 0.5) is 5.69 Å². The standard InChI is InChI=1S/C14H11Br2NO2/c1-8-2-5-11(16)12(6-8)17-14(19)10-4-3-9(15)7-13(10)18/h2-7,18H,1H3,(H,17,19). The monoisotopic (exact) mass is 383 g/mol. The van der Waals surface area contributed by atoms with Crippen molar-refractivity contribution in [2.45, 2.75) is 6.92 Å². The van der Waals surface area contributed by atoms with Gasteiger partial charge in [0.15, 0.2) is 0 Å². The molecule has 0 aliphatic carbocycles. The quantitative estimate of drug-likeness (QED) is 0.801. The molecule has 0 atom stereocenters. The number of phenolic OH excluding ortho intramolecular Hbond substituents is 1. The average molecular weight is 385 g/mol. The number of anilines is 1. The Bertz CT molecular complexity index is 641. The minimum absolute atomic E-state index is 0.0596. The van der Waals surface area contributed by atoms with E-state index in [0.717, 1.165) is 14.5 Å². The summed E-state index contributed by atoms with van der Waals surface area (Å²) in [6.07, 6.45) is 0. The molecule has 0 aliphatic rings. The van der Waals surface area contributed by atoms with Crippen molar-refractivity contribution < 1.29 is 9.90 Å². The van der Waals surface area contributed by atoms with Crippen LogP contribution in [0.2, 0.25) is 0 Å². The Morgan fingerprint density at radius 3 is 2.58 bits per heavy atom. The Balaban J connectivity index is 2.28. The van der Waals surface area contributed by atoms with Crippen LogP contribution in [0.15, 0.2) is 45.3 Å². The van der Waals surface area contributed by atoms with E-state index in [1.807, 2.05) is 25.1 Å². The number of nitrogens with one attached hydrogen (secondary N) is 1. The Hall–Kier alpha value is -1.33. The van der Waals surface area contributed by atoms with Gasteiger partial charge in [0.1, 0.15) is 5.75 Å². The predicted octanol–water partition coefficient (Wildman–Crippen LogP) is 4.48. The third kappa shape index (κ3) is 3.36. The van der Waals surface area contributed by atoms with Crippen molar-refractivity contribution in [2.75, 3.05) is 5.32 Å². The van der Waals surface area contributed by atoms with Gasteiger partial charge in [0.25, 0.3) is 5.91 Å². The number of carbonyl (C=O) groups excluding carboxylic acids is 1. The topological polar surface area (TPSA) is 49.3 Å². The first kappa shape index (κ1) is 14.1. The molecule has 0 aliphatic heterocycles. The van der Waals surface area contributed by atoms with E-state index in [4.69, 9.17) is 0 Å². The van der Waals surface area contributed by atoms with E-state index in [9.17, 15) is 9.90 Å². The molecule has 0 bridgehead atoms. The summed E-state index contributed by atoms with van der Waals surface area (Å²) in [5.74, 6) is -0.410. The van der Waals surface area contributed by atoms with Crippen molar-refractivity contribution in [3.8, 4) is 5.75 Å². The number of phenols is 1. The molecule has 3 nitrogen and oxygen atoms in total. The number of hydrogen-bond donors (Lipinski definition) is 2. The molecule has 0 heterocycles. The fourth-order valence-electron chi connectivity index (χ4n) is 1.62. The van der Waals surface area contributed by atoms with E-state index in [-0.39, 0.29) is 17.2 Å². The number of halogens is 2. The van der Waals surface area contributed by atoms with Gasteiger partial charge in [-0.05, 0) is 58.7 Å². The Kier molecular flexibility index (Phi) is 4.27. The molecular formula is C14H11Br2NO2. The van der Waals surface area contributed by atoms with Gasteiger partial charge in [-0.2, -0.15) is 0 Å². The highest BCUT2D eigenvalue weighted by Gasteiger charge is 2.12. The number of rotatable bonds is 2. The third-order valence-corrected chi connectivity index (χ3v) is 3.76. The van der Waals surface area contributed by atoms with E-state index in [1.54, 1.807) is 12.1 Å². The van der Waals surface area contributed by atoms with Gasteiger partial charge in [-0.15, -0.1) is 0 Å². The van der Waals surface area contributed by atoms with Crippen molar-refractivity contribution in [3.05, 3.63) is 56.5 Å². The Morgan fingerprint density at radius 1 is 1.16 bits per heavy atom. The zero-order valence-electron chi connectivity index (χ0n) is 10.1. The van der Waals surface area contributed by atoms with Crippen molar-refractivity contribution in [1.29, 1.82) is 0 Å². The highest BCUT2D eigenvalue weighted by molar-refractivity contribution is 9.10. The number of benzene rings is 2. The van der Waals surface area contributed by atoms with Gasteiger partial charge < -0.3 is 10.4 Å². The first-order valence-electron chi connectivity index (χ1n) is 5.53. The van der Waals surface area contributed by atoms with Gasteiger partial charge in [-0.25, -0.2) is 0 Å². The second-order valence-electron chi connectivity index (χ2n) is 4.10. The number of aryl methyl sites for hydroxylation is 1. The van der Waals surface area contributed by atoms with Crippen LogP contribution in [0.1, 0.15) is 15.9 Å². The molecule has 0 fully saturated rings. The first-order valence-corrected chi connectivity index (χ1v) is 7.12. The van der Waals surface area contributed by atoms with Crippen LogP contribution in [0.25, 0.3) is 0 Å². The van der Waals surface area contributed by atoms with Gasteiger partial charge in [-0.1, -0.05) is 22.0 Å². The number of aromatic hydroxyl groups is 1. The maximum atomic E-state index is 12.1. The Morgan fingerprint density at radius 2 is 1.89 bits per heavy atom. The van der Waals surface area contributed by atoms with Crippen LogP contribution in [-0.4, -0.2) is 11.0 Å². The lowest BCUT2D eigenvalue weighted by atomic mass is 10.1. The molecule has 0 saturated carbocycles. The molecule has 1 amide bonds. The second kappa shape index (κ2) is 5.75. The van der Waals surface area contributed by atoms with Crippen LogP contribution in [0.5, 0.6) is 5.75 Å². The first-order chi connectivity index (χ1) is 8.97. The lowest BCUT2D eigenvalue weighted by Crippen LogP contribution is -2.12. The molecule has 0 saturated heterocycles. The van der Waals surface area contributed by atoms with E-state index in [2.05, 4.69) is 37.2 Å². The summed E-state index contributed by atoms with van der Waals surface area (Å²) in [7, 11) is 0. The lowest BCUT2D eigenvalue weighted by Gasteiger charge is -2.09. The summed E-state index contributed by atoms with van der Waals surface area (Å²) in [6, 6.07) is 10.4. The number of carbonyl (C=O) groups is 1. The molecule has 19 heavy (non-hydrogen) atoms. The molecule has 5 heteroatoms. The zero-order chi connectivity index (χ0) is 14.0. The summed E-state index contributed by atoms with van der Waals surface area (Å²) in [6.45, 7) is 1.94. The smallest absolute Gasteiger partial charge is 0.259 e. The minimum atomic E-state index is -0.351. The molecular weight excluding hydrogens is 374 g/mol. The molecule has 0 aromatic heterocycles. The summed E-state index contributed by atoms with van der Waals surface area (Å²) >= 11 is 6.61. The maximum Gasteiger partial charge on any atom is 0.259 e. The van der Waals surface area contributed by atoms with Gasteiger partial charge in [0, 0.05) is 8.95 Å². The number of amides is 1. The third-order valence-electron chi connectivity index (χ3n) is 2.57. The lowest BCUT2D eigenvalue weighted by molar-refractivity contribution is 0.102. The van der Waals surface area contributed by atoms with Crippen LogP contribution < -0.4 is 5.32 Å². The highest BCUT2D eigenvalue weighted by Crippen LogP contribution is 2.26. The summed E-state index contributed by atoms with van der Waals surface area (Å²) in [5.41, 5.74) is 1.95. The van der Waals surface area contributed by atoms with Crippen molar-refractivity contribution in [2.24, 2.45) is 0 Å². The molecule has 2 N–H and O–H groups in total. The molecule has 2 aromatic rings. The molecule has 0 spiro atoms. The van der Waals surface area contributed by atoms with Gasteiger partial charge in [0.05, 0.1) is 11.3 Å². The van der Waals surface area contributed by atoms with Crippen LogP contribution >= 0.6 is 31.9 Å². The summed E-state index contributed by atoms with van der Waals surface area (Å²) in [4.78, 5) is 12.1. The van der Waals surface area contributed by atoms with Gasteiger partial charge >= 0.3 is 0 Å². The molecule has 0 unspecified atom stereocenters. The normalized spacial score (nSPS) is 10.3. The van der Waals surface area contributed by atoms with E-state index < -0.39 is 0 Å².